The minimum atomic E-state index is -0.586. The van der Waals surface area contributed by atoms with Gasteiger partial charge in [-0.2, -0.15) is 0 Å². The second-order valence-electron chi connectivity index (χ2n) is 6.79. The van der Waals surface area contributed by atoms with E-state index in [9.17, 15) is 14.4 Å². The molecule has 0 aliphatic heterocycles. The van der Waals surface area contributed by atoms with Crippen LogP contribution >= 0.6 is 0 Å². The highest BCUT2D eigenvalue weighted by Gasteiger charge is 2.14. The van der Waals surface area contributed by atoms with Crippen molar-refractivity contribution in [1.82, 2.24) is 10.9 Å². The van der Waals surface area contributed by atoms with E-state index in [4.69, 9.17) is 9.47 Å². The molecule has 1 saturated carbocycles. The maximum Gasteiger partial charge on any atom is 0.306 e. The van der Waals surface area contributed by atoms with Crippen LogP contribution in [0.4, 0.5) is 0 Å². The molecule has 2 N–H and O–H groups in total. The number of amides is 2. The van der Waals surface area contributed by atoms with Gasteiger partial charge in [0.1, 0.15) is 5.75 Å². The fourth-order valence-corrected chi connectivity index (χ4v) is 3.21. The number of carbonyl (C=O) groups excluding carboxylic acids is 3. The molecule has 2 rings (SSSR count). The highest BCUT2D eigenvalue weighted by molar-refractivity contribution is 5.95. The van der Waals surface area contributed by atoms with Crippen LogP contribution < -0.4 is 15.6 Å². The first-order valence-electron chi connectivity index (χ1n) is 9.47. The van der Waals surface area contributed by atoms with Crippen LogP contribution in [0.15, 0.2) is 24.3 Å². The Labute approximate surface area is 159 Å². The van der Waals surface area contributed by atoms with E-state index in [0.717, 1.165) is 18.8 Å². The fourth-order valence-electron chi connectivity index (χ4n) is 3.21. The average Bonchev–Trinajstić information content (AvgIpc) is 2.71. The Bertz CT molecular complexity index is 624. The minimum Gasteiger partial charge on any atom is -0.497 e. The van der Waals surface area contributed by atoms with Gasteiger partial charge in [0.2, 0.25) is 0 Å². The molecule has 0 unspecified atom stereocenters. The van der Waals surface area contributed by atoms with Crippen LogP contribution in [0.1, 0.15) is 61.7 Å². The molecular weight excluding hydrogens is 348 g/mol. The number of carbonyl (C=O) groups is 3. The third-order valence-electron chi connectivity index (χ3n) is 4.75. The topological polar surface area (TPSA) is 93.7 Å². The lowest BCUT2D eigenvalue weighted by atomic mass is 9.86. The number of hydrogen-bond acceptors (Lipinski definition) is 5. The number of hydrazine groups is 1. The van der Waals surface area contributed by atoms with Gasteiger partial charge in [-0.05, 0) is 43.0 Å². The lowest BCUT2D eigenvalue weighted by Gasteiger charge is -2.20. The van der Waals surface area contributed by atoms with Crippen molar-refractivity contribution in [2.45, 2.75) is 51.4 Å². The van der Waals surface area contributed by atoms with Crippen LogP contribution in [0.2, 0.25) is 0 Å². The summed E-state index contributed by atoms with van der Waals surface area (Å²) < 4.78 is 9.96. The Morgan fingerprint density at radius 1 is 1.04 bits per heavy atom. The van der Waals surface area contributed by atoms with Crippen LogP contribution in [0.5, 0.6) is 5.75 Å². The predicted molar refractivity (Wildman–Crippen MR) is 100.0 cm³/mol. The monoisotopic (exact) mass is 376 g/mol. The van der Waals surface area contributed by atoms with E-state index in [-0.39, 0.29) is 5.97 Å². The number of ether oxygens (including phenoxy) is 2. The van der Waals surface area contributed by atoms with Crippen molar-refractivity contribution in [3.8, 4) is 5.75 Å². The summed E-state index contributed by atoms with van der Waals surface area (Å²) in [5, 5.41) is 0. The summed E-state index contributed by atoms with van der Waals surface area (Å²) in [4.78, 5) is 35.3. The molecule has 1 aliphatic carbocycles. The molecule has 148 valence electrons. The van der Waals surface area contributed by atoms with E-state index in [2.05, 4.69) is 10.9 Å². The summed E-state index contributed by atoms with van der Waals surface area (Å²) in [5.74, 6) is -0.0845. The van der Waals surface area contributed by atoms with Gasteiger partial charge in [0, 0.05) is 12.0 Å². The zero-order valence-corrected chi connectivity index (χ0v) is 15.8. The zero-order chi connectivity index (χ0) is 19.5. The smallest absolute Gasteiger partial charge is 0.306 e. The van der Waals surface area contributed by atoms with Crippen LogP contribution in [0.25, 0.3) is 0 Å². The van der Waals surface area contributed by atoms with Gasteiger partial charge in [0.05, 0.1) is 7.11 Å². The van der Waals surface area contributed by atoms with E-state index in [1.807, 2.05) is 0 Å². The summed E-state index contributed by atoms with van der Waals surface area (Å²) in [6.45, 7) is -0.412. The van der Waals surface area contributed by atoms with Crippen LogP contribution in [0.3, 0.4) is 0 Å². The van der Waals surface area contributed by atoms with Gasteiger partial charge in [0.25, 0.3) is 11.8 Å². The summed E-state index contributed by atoms with van der Waals surface area (Å²) in [5.41, 5.74) is 4.87. The quantitative estimate of drug-likeness (QED) is 0.537. The average molecular weight is 376 g/mol. The first kappa shape index (κ1) is 20.7. The number of benzene rings is 1. The Balaban J connectivity index is 1.57. The molecule has 0 heterocycles. The molecule has 27 heavy (non-hydrogen) atoms. The minimum absolute atomic E-state index is 0.321. The second kappa shape index (κ2) is 11.2. The van der Waals surface area contributed by atoms with Crippen molar-refractivity contribution in [1.29, 1.82) is 0 Å². The van der Waals surface area contributed by atoms with Gasteiger partial charge in [-0.25, -0.2) is 0 Å². The van der Waals surface area contributed by atoms with Crippen LogP contribution in [0, 0.1) is 5.92 Å². The first-order chi connectivity index (χ1) is 13.1. The van der Waals surface area contributed by atoms with Gasteiger partial charge < -0.3 is 9.47 Å². The van der Waals surface area contributed by atoms with Gasteiger partial charge >= 0.3 is 5.97 Å². The molecule has 0 aromatic heterocycles. The Kier molecular flexibility index (Phi) is 8.61. The molecule has 0 saturated heterocycles. The van der Waals surface area contributed by atoms with Gasteiger partial charge in [0.15, 0.2) is 6.61 Å². The summed E-state index contributed by atoms with van der Waals surface area (Å²) >= 11 is 0. The standard InChI is InChI=1S/C20H28N2O5/c1-26-17-12-10-16(11-13-17)20(25)22-21-18(23)14-27-19(24)9-5-8-15-6-3-2-4-7-15/h10-13,15H,2-9,14H2,1H3,(H,21,23)(H,22,25). The molecular formula is C20H28N2O5. The summed E-state index contributed by atoms with van der Waals surface area (Å²) in [7, 11) is 1.53. The molecule has 0 atom stereocenters. The SMILES string of the molecule is COc1ccc(C(=O)NNC(=O)COC(=O)CCCC2CCCCC2)cc1. The van der Waals surface area contributed by atoms with E-state index in [1.54, 1.807) is 24.3 Å². The molecule has 0 bridgehead atoms. The Hall–Kier alpha value is -2.57. The molecule has 2 amide bonds. The lowest BCUT2D eigenvalue weighted by molar-refractivity contribution is -0.148. The lowest BCUT2D eigenvalue weighted by Crippen LogP contribution is -2.43. The number of rotatable bonds is 8. The Morgan fingerprint density at radius 3 is 2.41 bits per heavy atom. The largest absolute Gasteiger partial charge is 0.497 e. The molecule has 1 aliphatic rings. The maximum atomic E-state index is 11.9. The number of methoxy groups -OCH3 is 1. The summed E-state index contributed by atoms with van der Waals surface area (Å²) in [6.07, 6.45) is 8.56. The molecule has 0 radical (unpaired) electrons. The molecule has 1 aromatic rings. The van der Waals surface area contributed by atoms with Crippen molar-refractivity contribution in [2.75, 3.05) is 13.7 Å². The number of hydrogen-bond donors (Lipinski definition) is 2. The number of esters is 1. The van der Waals surface area contributed by atoms with E-state index >= 15 is 0 Å². The normalized spacial score (nSPS) is 14.3. The Morgan fingerprint density at radius 2 is 1.74 bits per heavy atom. The third-order valence-corrected chi connectivity index (χ3v) is 4.75. The highest BCUT2D eigenvalue weighted by Crippen LogP contribution is 2.27. The van der Waals surface area contributed by atoms with Gasteiger partial charge in [-0.3, -0.25) is 25.2 Å². The molecule has 1 aromatic carbocycles. The van der Waals surface area contributed by atoms with Crippen molar-refractivity contribution in [3.05, 3.63) is 29.8 Å². The number of nitrogens with one attached hydrogen (secondary N) is 2. The van der Waals surface area contributed by atoms with E-state index in [0.29, 0.717) is 17.7 Å². The maximum absolute atomic E-state index is 11.9. The zero-order valence-electron chi connectivity index (χ0n) is 15.8. The van der Waals surface area contributed by atoms with Crippen molar-refractivity contribution in [3.63, 3.8) is 0 Å². The molecule has 7 heteroatoms. The second-order valence-corrected chi connectivity index (χ2v) is 6.79. The van der Waals surface area contributed by atoms with Gasteiger partial charge in [-0.1, -0.05) is 32.1 Å². The third kappa shape index (κ3) is 7.68. The summed E-state index contributed by atoms with van der Waals surface area (Å²) in [6, 6.07) is 6.44. The fraction of sp³-hybridized carbons (Fsp3) is 0.550. The van der Waals surface area contributed by atoms with Crippen LogP contribution in [-0.4, -0.2) is 31.5 Å². The van der Waals surface area contributed by atoms with Crippen molar-refractivity contribution in [2.24, 2.45) is 5.92 Å². The molecule has 7 nitrogen and oxygen atoms in total. The predicted octanol–water partition coefficient (Wildman–Crippen LogP) is 2.75. The first-order valence-corrected chi connectivity index (χ1v) is 9.47. The van der Waals surface area contributed by atoms with Crippen molar-refractivity contribution < 1.29 is 23.9 Å². The molecule has 1 fully saturated rings. The van der Waals surface area contributed by atoms with Gasteiger partial charge in [-0.15, -0.1) is 0 Å². The van der Waals surface area contributed by atoms with E-state index < -0.39 is 18.4 Å². The highest BCUT2D eigenvalue weighted by atomic mass is 16.5. The van der Waals surface area contributed by atoms with Crippen molar-refractivity contribution >= 4 is 17.8 Å². The van der Waals surface area contributed by atoms with E-state index in [1.165, 1.54) is 39.2 Å². The van der Waals surface area contributed by atoms with Crippen LogP contribution in [-0.2, 0) is 14.3 Å². The molecule has 0 spiro atoms.